The van der Waals surface area contributed by atoms with E-state index in [0.717, 1.165) is 56.9 Å². The highest BCUT2D eigenvalue weighted by Gasteiger charge is 2.41. The second kappa shape index (κ2) is 41.9. The molecule has 1 heterocycles. The van der Waals surface area contributed by atoms with Crippen LogP contribution in [0, 0.1) is 88.3 Å². The van der Waals surface area contributed by atoms with Crippen LogP contribution in [-0.4, -0.2) is 52.7 Å². The molecule has 0 amide bonds. The zero-order valence-electron chi connectivity index (χ0n) is 59.6. The molecule has 14 atom stereocenters. The van der Waals surface area contributed by atoms with E-state index in [0.29, 0.717) is 83.5 Å². The summed E-state index contributed by atoms with van der Waals surface area (Å²) in [5.74, 6) is 9.28. The molecule has 2 fully saturated rings. The van der Waals surface area contributed by atoms with Crippen molar-refractivity contribution in [3.63, 3.8) is 0 Å². The summed E-state index contributed by atoms with van der Waals surface area (Å²) in [6, 6.07) is 0.420. The van der Waals surface area contributed by atoms with Crippen LogP contribution in [0.15, 0.2) is 36.5 Å². The third-order valence-electron chi connectivity index (χ3n) is 21.9. The molecule has 1 N–H and O–H groups in total. The minimum Gasteiger partial charge on any atom is -0.393 e. The average Bonchev–Trinajstić information content (AvgIpc) is 3.57. The Bertz CT molecular complexity index is 1720. The minimum absolute atomic E-state index is 0.00198. The van der Waals surface area contributed by atoms with Crippen molar-refractivity contribution < 1.29 is 14.6 Å². The summed E-state index contributed by atoms with van der Waals surface area (Å²) in [4.78, 5) is 16.2. The number of ketones is 1. The molecule has 1 aliphatic heterocycles. The van der Waals surface area contributed by atoms with E-state index >= 15 is 0 Å². The number of ether oxygens (including phenoxy) is 1. The van der Waals surface area contributed by atoms with Gasteiger partial charge in [0.15, 0.2) is 0 Å². The maximum Gasteiger partial charge on any atom is 0.131 e. The van der Waals surface area contributed by atoms with Gasteiger partial charge in [0.1, 0.15) is 5.78 Å². The lowest BCUT2D eigenvalue weighted by Gasteiger charge is -2.49. The standard InChI is InChI=1S/C79H149NO3/c1-23-25-32-38-71(61(12)37-35-31-29-27-28-30-34-36-56(3)4)50-65(16)78(45-58(7)8)83-69(20)77(52-67(18)81)80-55-60(11)46-75(68(80)19)49-64(15)73(44-57(5)6)48-62(13)72(39-33-26-24-2)47-63(14)74(53-70-40-42-76(82)43-41-70)51-66(17)79(21,22)54-59(9)10/h56,58-64,68-78,82H,5,16-17,23-55H2,1-4,6-15,18-22H3/t60?,61?,62?,63?,64?,68?,69?,70?,71-,72?,73-,74?,75?,76?,77+,78?/m1/s1. The molecular formula is C79H149NO3. The molecule has 2 aliphatic rings. The molecule has 11 unspecified atom stereocenters. The molecule has 1 aliphatic carbocycles. The van der Waals surface area contributed by atoms with Crippen molar-refractivity contribution in [1.82, 2.24) is 4.90 Å². The molecule has 2 rings (SSSR count). The second-order valence-corrected chi connectivity index (χ2v) is 32.3. The lowest BCUT2D eigenvalue weighted by atomic mass is 9.67. The molecule has 0 radical (unpaired) electrons. The number of Topliss-reactive ketones (excluding diaryl/α,β-unsaturated/α-hetero) is 1. The molecule has 4 nitrogen and oxygen atoms in total. The van der Waals surface area contributed by atoms with Gasteiger partial charge in [-0.2, -0.15) is 0 Å². The molecule has 1 saturated carbocycles. The summed E-state index contributed by atoms with van der Waals surface area (Å²) in [5.41, 5.74) is 4.23. The van der Waals surface area contributed by atoms with Crippen LogP contribution in [0.3, 0.4) is 0 Å². The number of allylic oxidation sites excluding steroid dienone is 2. The van der Waals surface area contributed by atoms with E-state index in [1.54, 1.807) is 0 Å². The van der Waals surface area contributed by atoms with Crippen LogP contribution in [0.25, 0.3) is 0 Å². The monoisotopic (exact) mass is 1160 g/mol. The number of unbranched alkanes of at least 4 members (excludes halogenated alkanes) is 10. The normalized spacial score (nSPS) is 23.3. The van der Waals surface area contributed by atoms with Gasteiger partial charge in [-0.15, -0.1) is 6.58 Å². The number of aliphatic hydroxyl groups is 1. The zero-order valence-corrected chi connectivity index (χ0v) is 59.6. The number of aliphatic hydroxyl groups excluding tert-OH is 1. The molecule has 0 bridgehead atoms. The Hall–Kier alpha value is -1.23. The van der Waals surface area contributed by atoms with E-state index in [9.17, 15) is 9.90 Å². The van der Waals surface area contributed by atoms with E-state index in [1.807, 2.05) is 6.92 Å². The van der Waals surface area contributed by atoms with Crippen LogP contribution in [0.2, 0.25) is 0 Å². The quantitative estimate of drug-likeness (QED) is 0.0487. The number of likely N-dealkylation sites (tertiary alicyclic amines) is 1. The Morgan fingerprint density at radius 2 is 1.12 bits per heavy atom. The van der Waals surface area contributed by atoms with Crippen molar-refractivity contribution in [2.45, 2.75) is 367 Å². The van der Waals surface area contributed by atoms with Crippen molar-refractivity contribution in [1.29, 1.82) is 0 Å². The van der Waals surface area contributed by atoms with Gasteiger partial charge in [-0.05, 0) is 218 Å². The number of hydrogen-bond acceptors (Lipinski definition) is 4. The fourth-order valence-electron chi connectivity index (χ4n) is 16.5. The third-order valence-corrected chi connectivity index (χ3v) is 21.9. The Morgan fingerprint density at radius 3 is 1.66 bits per heavy atom. The van der Waals surface area contributed by atoms with E-state index in [4.69, 9.17) is 17.9 Å². The number of piperidine rings is 1. The first-order valence-electron chi connectivity index (χ1n) is 36.7. The summed E-state index contributed by atoms with van der Waals surface area (Å²) >= 11 is 0. The number of hydrogen-bond donors (Lipinski definition) is 1. The Kier molecular flexibility index (Phi) is 39.3. The fraction of sp³-hybridized carbons (Fsp3) is 0.911. The lowest BCUT2D eigenvalue weighted by molar-refractivity contribution is -0.123. The van der Waals surface area contributed by atoms with Crippen LogP contribution in [0.1, 0.15) is 337 Å². The highest BCUT2D eigenvalue weighted by Crippen LogP contribution is 2.46. The van der Waals surface area contributed by atoms with E-state index < -0.39 is 0 Å². The Balaban J connectivity index is 2.35. The van der Waals surface area contributed by atoms with Crippen molar-refractivity contribution in [2.24, 2.45) is 88.3 Å². The van der Waals surface area contributed by atoms with Gasteiger partial charge in [0.2, 0.25) is 0 Å². The van der Waals surface area contributed by atoms with E-state index in [-0.39, 0.29) is 35.6 Å². The SMILES string of the molecule is C=C(C)C[C@H](CC(C)C(CCCCC)CC(C)C(CC(=C)C(C)(C)CC(C)C)CC1CCC(O)CC1)C(C)CC1CC(C)CN([C@@H](CC(C)=O)C(C)OC(CC(C)C)C(=C)C[C@@H](CCCCC)C(C)CCCCCCCCCC(C)C)C1C. The van der Waals surface area contributed by atoms with Crippen LogP contribution in [0.5, 0.6) is 0 Å². The summed E-state index contributed by atoms with van der Waals surface area (Å²) in [6.07, 6.45) is 39.3. The van der Waals surface area contributed by atoms with Crippen LogP contribution < -0.4 is 0 Å². The van der Waals surface area contributed by atoms with Gasteiger partial charge in [0.25, 0.3) is 0 Å². The zero-order chi connectivity index (χ0) is 62.4. The van der Waals surface area contributed by atoms with Crippen molar-refractivity contribution >= 4 is 5.78 Å². The van der Waals surface area contributed by atoms with Crippen molar-refractivity contribution in [2.75, 3.05) is 6.54 Å². The van der Waals surface area contributed by atoms with Gasteiger partial charge >= 0.3 is 0 Å². The molecule has 83 heavy (non-hydrogen) atoms. The smallest absolute Gasteiger partial charge is 0.131 e. The summed E-state index contributed by atoms with van der Waals surface area (Å²) in [7, 11) is 0. The van der Waals surface area contributed by atoms with Gasteiger partial charge in [0.05, 0.1) is 18.3 Å². The first kappa shape index (κ1) is 77.9. The Labute approximate surface area is 521 Å². The second-order valence-electron chi connectivity index (χ2n) is 32.3. The average molecular weight is 1160 g/mol. The Morgan fingerprint density at radius 1 is 0.578 bits per heavy atom. The van der Waals surface area contributed by atoms with Gasteiger partial charge in [0, 0.05) is 25.0 Å². The lowest BCUT2D eigenvalue weighted by Crippen LogP contribution is -2.56. The summed E-state index contributed by atoms with van der Waals surface area (Å²) in [6.45, 7) is 60.9. The highest BCUT2D eigenvalue weighted by molar-refractivity contribution is 5.76. The van der Waals surface area contributed by atoms with E-state index in [2.05, 4.69) is 136 Å². The molecular weight excluding hydrogens is 1010 g/mol. The number of rotatable bonds is 48. The van der Waals surface area contributed by atoms with Gasteiger partial charge in [-0.1, -0.05) is 231 Å². The predicted molar refractivity (Wildman–Crippen MR) is 368 cm³/mol. The summed E-state index contributed by atoms with van der Waals surface area (Å²) in [5, 5.41) is 10.5. The fourth-order valence-corrected chi connectivity index (χ4v) is 16.5. The van der Waals surface area contributed by atoms with Crippen molar-refractivity contribution in [3.8, 4) is 0 Å². The maximum absolute atomic E-state index is 13.4. The summed E-state index contributed by atoms with van der Waals surface area (Å²) < 4.78 is 7.41. The van der Waals surface area contributed by atoms with Crippen molar-refractivity contribution in [3.05, 3.63) is 36.5 Å². The molecule has 4 heteroatoms. The van der Waals surface area contributed by atoms with Gasteiger partial charge in [-0.25, -0.2) is 0 Å². The van der Waals surface area contributed by atoms with Crippen LogP contribution >= 0.6 is 0 Å². The molecule has 0 spiro atoms. The molecule has 0 aromatic rings. The first-order valence-corrected chi connectivity index (χ1v) is 36.7. The predicted octanol–water partition coefficient (Wildman–Crippen LogP) is 23.9. The largest absolute Gasteiger partial charge is 0.393 e. The maximum atomic E-state index is 13.4. The number of carbonyl (C=O) groups excluding carboxylic acids is 1. The van der Waals surface area contributed by atoms with Crippen LogP contribution in [0.4, 0.5) is 0 Å². The number of carbonyl (C=O) groups is 1. The van der Waals surface area contributed by atoms with Gasteiger partial charge in [-0.3, -0.25) is 9.69 Å². The van der Waals surface area contributed by atoms with Gasteiger partial charge < -0.3 is 9.84 Å². The molecule has 1 saturated heterocycles. The molecule has 488 valence electrons. The number of nitrogens with zero attached hydrogens (tertiary/aromatic N) is 1. The third kappa shape index (κ3) is 31.7. The topological polar surface area (TPSA) is 49.8 Å². The molecule has 0 aromatic carbocycles. The minimum atomic E-state index is -0.101. The molecule has 0 aromatic heterocycles. The van der Waals surface area contributed by atoms with E-state index in [1.165, 1.54) is 177 Å². The van der Waals surface area contributed by atoms with Crippen LogP contribution in [-0.2, 0) is 9.53 Å². The first-order chi connectivity index (χ1) is 39.1. The highest BCUT2D eigenvalue weighted by atomic mass is 16.5.